The first-order valence-corrected chi connectivity index (χ1v) is 10.3. The van der Waals surface area contributed by atoms with E-state index in [0.717, 1.165) is 11.3 Å². The minimum atomic E-state index is -0.573. The molecule has 5 nitrogen and oxygen atoms in total. The van der Waals surface area contributed by atoms with E-state index >= 15 is 0 Å². The minimum Gasteiger partial charge on any atom is -0.454 e. The van der Waals surface area contributed by atoms with Crippen LogP contribution in [-0.4, -0.2) is 29.5 Å². The van der Waals surface area contributed by atoms with Gasteiger partial charge in [-0.15, -0.1) is 11.8 Å². The molecule has 0 saturated carbocycles. The summed E-state index contributed by atoms with van der Waals surface area (Å²) in [5, 5.41) is 2.48. The quantitative estimate of drug-likeness (QED) is 0.517. The Kier molecular flexibility index (Phi) is 7.62. The number of rotatable bonds is 7. The Hall–Kier alpha value is -2.60. The summed E-state index contributed by atoms with van der Waals surface area (Å²) in [4.78, 5) is 37.7. The lowest BCUT2D eigenvalue weighted by Gasteiger charge is -2.17. The van der Waals surface area contributed by atoms with E-state index in [9.17, 15) is 14.4 Å². The minimum absolute atomic E-state index is 0.151. The highest BCUT2D eigenvalue weighted by molar-refractivity contribution is 8.00. The summed E-state index contributed by atoms with van der Waals surface area (Å²) < 4.78 is 5.21. The zero-order chi connectivity index (χ0) is 21.6. The monoisotopic (exact) mass is 413 g/mol. The predicted octanol–water partition coefficient (Wildman–Crippen LogP) is 4.89. The number of anilines is 1. The van der Waals surface area contributed by atoms with Gasteiger partial charge in [-0.3, -0.25) is 9.59 Å². The van der Waals surface area contributed by atoms with E-state index < -0.39 is 16.6 Å². The zero-order valence-corrected chi connectivity index (χ0v) is 18.3. The Bertz CT molecular complexity index is 902. The van der Waals surface area contributed by atoms with Crippen molar-refractivity contribution in [2.45, 2.75) is 44.8 Å². The molecule has 0 saturated heterocycles. The summed E-state index contributed by atoms with van der Waals surface area (Å²) in [7, 11) is 0. The number of Topliss-reactive ketones (excluding diaryl/α,β-unsaturated/α-hetero) is 1. The molecule has 0 aliphatic rings. The molecule has 0 heterocycles. The van der Waals surface area contributed by atoms with Crippen LogP contribution in [-0.2, 0) is 14.3 Å². The van der Waals surface area contributed by atoms with Crippen molar-refractivity contribution in [1.29, 1.82) is 0 Å². The van der Waals surface area contributed by atoms with E-state index in [4.69, 9.17) is 4.74 Å². The molecule has 0 aliphatic heterocycles. The fourth-order valence-electron chi connectivity index (χ4n) is 2.35. The zero-order valence-electron chi connectivity index (χ0n) is 17.4. The number of carbonyl (C=O) groups excluding carboxylic acids is 3. The van der Waals surface area contributed by atoms with Gasteiger partial charge in [0.15, 0.2) is 12.4 Å². The lowest BCUT2D eigenvalue weighted by atomic mass is 9.91. The van der Waals surface area contributed by atoms with Crippen LogP contribution in [0.3, 0.4) is 0 Å². The van der Waals surface area contributed by atoms with E-state index in [1.165, 1.54) is 11.8 Å². The summed E-state index contributed by atoms with van der Waals surface area (Å²) in [6.07, 6.45) is 0. The highest BCUT2D eigenvalue weighted by atomic mass is 32.2. The van der Waals surface area contributed by atoms with Gasteiger partial charge in [0, 0.05) is 16.0 Å². The van der Waals surface area contributed by atoms with Gasteiger partial charge >= 0.3 is 5.97 Å². The van der Waals surface area contributed by atoms with Crippen LogP contribution in [0.1, 0.15) is 43.6 Å². The van der Waals surface area contributed by atoms with Crippen LogP contribution in [0.15, 0.2) is 53.4 Å². The molecule has 0 unspecified atom stereocenters. The van der Waals surface area contributed by atoms with Crippen molar-refractivity contribution in [3.05, 3.63) is 59.7 Å². The normalized spacial score (nSPS) is 12.2. The number of amides is 1. The standard InChI is InChI=1S/C23H27NO4S/c1-15-10-6-8-12-18(15)24-21(26)16(2)29-19-13-9-7-11-17(19)22(27)28-14-20(25)23(3,4)5/h6-13,16H,14H2,1-5H3,(H,24,26)/t16-/m1/s1. The lowest BCUT2D eigenvalue weighted by Crippen LogP contribution is -2.26. The Labute approximate surface area is 176 Å². The molecule has 2 aromatic carbocycles. The van der Waals surface area contributed by atoms with Crippen molar-refractivity contribution < 1.29 is 19.1 Å². The third-order valence-electron chi connectivity index (χ3n) is 4.35. The number of esters is 1. The number of ether oxygens (including phenoxy) is 1. The van der Waals surface area contributed by atoms with Crippen molar-refractivity contribution in [2.24, 2.45) is 5.41 Å². The second kappa shape index (κ2) is 9.74. The second-order valence-electron chi connectivity index (χ2n) is 7.81. The summed E-state index contributed by atoms with van der Waals surface area (Å²) in [5.74, 6) is -0.880. The van der Waals surface area contributed by atoms with Gasteiger partial charge in [0.1, 0.15) is 0 Å². The number of hydrogen-bond acceptors (Lipinski definition) is 5. The molecule has 0 fully saturated rings. The Balaban J connectivity index is 2.06. The molecule has 1 amide bonds. The van der Waals surface area contributed by atoms with Crippen LogP contribution in [0.5, 0.6) is 0 Å². The number of thioether (sulfide) groups is 1. The maximum Gasteiger partial charge on any atom is 0.339 e. The molecule has 0 radical (unpaired) electrons. The fourth-order valence-corrected chi connectivity index (χ4v) is 3.34. The van der Waals surface area contributed by atoms with Crippen molar-refractivity contribution in [3.63, 3.8) is 0 Å². The molecule has 0 spiro atoms. The van der Waals surface area contributed by atoms with Gasteiger partial charge in [-0.2, -0.15) is 0 Å². The maximum atomic E-state index is 12.6. The van der Waals surface area contributed by atoms with Crippen molar-refractivity contribution in [1.82, 2.24) is 0 Å². The number of nitrogens with one attached hydrogen (secondary N) is 1. The number of aryl methyl sites for hydroxylation is 1. The number of hydrogen-bond donors (Lipinski definition) is 1. The molecule has 0 aliphatic carbocycles. The van der Waals surface area contributed by atoms with Gasteiger partial charge in [0.25, 0.3) is 0 Å². The molecule has 0 bridgehead atoms. The Morgan fingerprint density at radius 2 is 1.66 bits per heavy atom. The molecule has 2 rings (SSSR count). The van der Waals surface area contributed by atoms with Crippen molar-refractivity contribution in [2.75, 3.05) is 11.9 Å². The van der Waals surface area contributed by atoms with E-state index in [1.54, 1.807) is 52.0 Å². The van der Waals surface area contributed by atoms with Crippen LogP contribution < -0.4 is 5.32 Å². The van der Waals surface area contributed by atoms with Gasteiger partial charge in [0.2, 0.25) is 5.91 Å². The van der Waals surface area contributed by atoms with E-state index in [0.29, 0.717) is 10.5 Å². The molecule has 6 heteroatoms. The summed E-state index contributed by atoms with van der Waals surface area (Å²) in [6.45, 7) is 8.77. The molecule has 1 atom stereocenters. The lowest BCUT2D eigenvalue weighted by molar-refractivity contribution is -0.129. The summed E-state index contributed by atoms with van der Waals surface area (Å²) in [5.41, 5.74) is 1.51. The van der Waals surface area contributed by atoms with Gasteiger partial charge in [-0.25, -0.2) is 4.79 Å². The third kappa shape index (κ3) is 6.46. The molecule has 1 N–H and O–H groups in total. The van der Waals surface area contributed by atoms with E-state index in [-0.39, 0.29) is 18.3 Å². The first kappa shape index (κ1) is 22.7. The summed E-state index contributed by atoms with van der Waals surface area (Å²) >= 11 is 1.27. The average molecular weight is 414 g/mol. The highest BCUT2D eigenvalue weighted by Gasteiger charge is 2.24. The van der Waals surface area contributed by atoms with Gasteiger partial charge < -0.3 is 10.1 Å². The van der Waals surface area contributed by atoms with Gasteiger partial charge in [0.05, 0.1) is 10.8 Å². The largest absolute Gasteiger partial charge is 0.454 e. The first-order chi connectivity index (χ1) is 13.6. The average Bonchev–Trinajstić information content (AvgIpc) is 2.67. The van der Waals surface area contributed by atoms with Crippen molar-refractivity contribution >= 4 is 35.1 Å². The number of para-hydroxylation sites is 1. The second-order valence-corrected chi connectivity index (χ2v) is 9.19. The van der Waals surface area contributed by atoms with Crippen LogP contribution in [0, 0.1) is 12.3 Å². The van der Waals surface area contributed by atoms with Crippen LogP contribution >= 0.6 is 11.8 Å². The molecule has 154 valence electrons. The highest BCUT2D eigenvalue weighted by Crippen LogP contribution is 2.28. The molecule has 29 heavy (non-hydrogen) atoms. The van der Waals surface area contributed by atoms with Crippen LogP contribution in [0.25, 0.3) is 0 Å². The predicted molar refractivity (Wildman–Crippen MR) is 116 cm³/mol. The van der Waals surface area contributed by atoms with Crippen LogP contribution in [0.4, 0.5) is 5.69 Å². The summed E-state index contributed by atoms with van der Waals surface area (Å²) in [6, 6.07) is 14.5. The topological polar surface area (TPSA) is 72.5 Å². The van der Waals surface area contributed by atoms with E-state index in [1.807, 2.05) is 31.2 Å². The first-order valence-electron chi connectivity index (χ1n) is 9.42. The SMILES string of the molecule is Cc1ccccc1NC(=O)[C@@H](C)Sc1ccccc1C(=O)OCC(=O)C(C)(C)C. The molecular formula is C23H27NO4S. The van der Waals surface area contributed by atoms with Crippen LogP contribution in [0.2, 0.25) is 0 Å². The van der Waals surface area contributed by atoms with Gasteiger partial charge in [-0.05, 0) is 37.6 Å². The third-order valence-corrected chi connectivity index (χ3v) is 5.53. The maximum absolute atomic E-state index is 12.6. The number of ketones is 1. The molecule has 2 aromatic rings. The molecular weight excluding hydrogens is 386 g/mol. The Morgan fingerprint density at radius 1 is 1.03 bits per heavy atom. The van der Waals surface area contributed by atoms with Gasteiger partial charge in [-0.1, -0.05) is 51.1 Å². The van der Waals surface area contributed by atoms with E-state index in [2.05, 4.69) is 5.32 Å². The smallest absolute Gasteiger partial charge is 0.339 e. The fraction of sp³-hybridized carbons (Fsp3) is 0.348. The number of carbonyl (C=O) groups is 3. The molecule has 0 aromatic heterocycles. The number of benzene rings is 2. The Morgan fingerprint density at radius 3 is 2.31 bits per heavy atom. The van der Waals surface area contributed by atoms with Crippen molar-refractivity contribution in [3.8, 4) is 0 Å².